The first-order valence-electron chi connectivity index (χ1n) is 5.01. The summed E-state index contributed by atoms with van der Waals surface area (Å²) in [7, 11) is 0. The Morgan fingerprint density at radius 1 is 1.53 bits per heavy atom. The van der Waals surface area contributed by atoms with Crippen molar-refractivity contribution in [3.8, 4) is 0 Å². The largest absolute Gasteiger partial charge is 0.457 e. The molecular weight excluding hydrogens is 260 g/mol. The molecule has 3 rings (SSSR count). The van der Waals surface area contributed by atoms with Crippen LogP contribution in [0, 0.1) is 11.8 Å². The minimum atomic E-state index is -0.0381. The van der Waals surface area contributed by atoms with Gasteiger partial charge in [0, 0.05) is 25.2 Å². The van der Waals surface area contributed by atoms with Gasteiger partial charge in [0.1, 0.15) is 6.26 Å². The van der Waals surface area contributed by atoms with Crippen LogP contribution in [0.5, 0.6) is 0 Å². The Morgan fingerprint density at radius 2 is 2.27 bits per heavy atom. The quantitative estimate of drug-likeness (QED) is 0.843. The number of carbonyl (C=O) groups excluding carboxylic acids is 1. The number of halogens is 1. The number of hydrogen-bond donors (Lipinski definition) is 2. The molecule has 1 saturated heterocycles. The van der Waals surface area contributed by atoms with Gasteiger partial charge in [0.25, 0.3) is 5.91 Å². The zero-order chi connectivity index (χ0) is 10.4. The molecule has 0 spiro atoms. The van der Waals surface area contributed by atoms with Crippen molar-refractivity contribution in [2.75, 3.05) is 13.1 Å². The third-order valence-electron chi connectivity index (χ3n) is 3.22. The maximum Gasteiger partial charge on any atom is 0.254 e. The summed E-state index contributed by atoms with van der Waals surface area (Å²) < 4.78 is 5.61. The molecule has 15 heavy (non-hydrogen) atoms. The Balaban J connectivity index is 1.62. The maximum atomic E-state index is 11.7. The number of amides is 1. The van der Waals surface area contributed by atoms with Crippen LogP contribution in [-0.2, 0) is 0 Å². The summed E-state index contributed by atoms with van der Waals surface area (Å²) in [5.74, 6) is 1.25. The molecule has 1 aromatic heterocycles. The molecule has 2 fully saturated rings. The molecule has 5 heteroatoms. The molecule has 1 aliphatic heterocycles. The van der Waals surface area contributed by atoms with Crippen LogP contribution < -0.4 is 10.6 Å². The van der Waals surface area contributed by atoms with Gasteiger partial charge in [-0.25, -0.2) is 0 Å². The summed E-state index contributed by atoms with van der Waals surface area (Å²) in [4.78, 5) is 11.7. The summed E-state index contributed by atoms with van der Waals surface area (Å²) in [5.41, 5.74) is 0.583. The summed E-state index contributed by atoms with van der Waals surface area (Å²) >= 11 is 3.17. The van der Waals surface area contributed by atoms with Gasteiger partial charge in [0.15, 0.2) is 4.67 Å². The number of piperidine rings is 1. The first-order chi connectivity index (χ1) is 7.25. The number of rotatable bonds is 2. The molecule has 2 unspecified atom stereocenters. The molecule has 0 aromatic carbocycles. The smallest absolute Gasteiger partial charge is 0.254 e. The first-order valence-corrected chi connectivity index (χ1v) is 5.80. The molecule has 0 radical (unpaired) electrons. The Labute approximate surface area is 95.5 Å². The molecule has 80 valence electrons. The Bertz CT molecular complexity index is 394. The highest BCUT2D eigenvalue weighted by Crippen LogP contribution is 2.41. The van der Waals surface area contributed by atoms with Crippen LogP contribution in [0.1, 0.15) is 10.4 Å². The molecule has 0 bridgehead atoms. The molecule has 2 heterocycles. The number of fused-ring (bicyclic) bond motifs is 1. The van der Waals surface area contributed by atoms with Gasteiger partial charge < -0.3 is 15.1 Å². The molecule has 1 saturated carbocycles. The van der Waals surface area contributed by atoms with E-state index in [9.17, 15) is 4.79 Å². The average Bonchev–Trinajstić information content (AvgIpc) is 2.66. The lowest BCUT2D eigenvalue weighted by molar-refractivity contribution is 0.0946. The summed E-state index contributed by atoms with van der Waals surface area (Å²) in [6, 6.07) is 2.05. The zero-order valence-corrected chi connectivity index (χ0v) is 9.58. The van der Waals surface area contributed by atoms with E-state index in [0.29, 0.717) is 28.1 Å². The highest BCUT2D eigenvalue weighted by atomic mass is 79.9. The highest BCUT2D eigenvalue weighted by molar-refractivity contribution is 9.10. The molecule has 1 amide bonds. The molecule has 2 atom stereocenters. The highest BCUT2D eigenvalue weighted by Gasteiger charge is 2.53. The van der Waals surface area contributed by atoms with Gasteiger partial charge in [-0.15, -0.1) is 0 Å². The van der Waals surface area contributed by atoms with Crippen molar-refractivity contribution in [3.63, 3.8) is 0 Å². The van der Waals surface area contributed by atoms with Gasteiger partial charge in [-0.2, -0.15) is 0 Å². The topological polar surface area (TPSA) is 54.3 Å². The third kappa shape index (κ3) is 1.59. The molecule has 1 aromatic rings. The third-order valence-corrected chi connectivity index (χ3v) is 3.63. The standard InChI is InChI=1S/C10H11BrN2O2/c11-8-1-5(4-15-8)10(14)13-9-6-2-12-3-7(6)9/h1,4,6-7,9,12H,2-3H2,(H,13,14). The van der Waals surface area contributed by atoms with Crippen molar-refractivity contribution >= 4 is 21.8 Å². The predicted octanol–water partition coefficient (Wildman–Crippen LogP) is 0.990. The van der Waals surface area contributed by atoms with E-state index in [2.05, 4.69) is 26.6 Å². The van der Waals surface area contributed by atoms with Crippen LogP contribution in [0.3, 0.4) is 0 Å². The van der Waals surface area contributed by atoms with E-state index in [1.54, 1.807) is 6.07 Å². The minimum absolute atomic E-state index is 0.0381. The maximum absolute atomic E-state index is 11.7. The van der Waals surface area contributed by atoms with Crippen molar-refractivity contribution in [1.29, 1.82) is 0 Å². The SMILES string of the molecule is O=C(NC1C2CNCC21)c1coc(Br)c1. The Morgan fingerprint density at radius 3 is 2.87 bits per heavy atom. The first kappa shape index (κ1) is 9.42. The molecule has 1 aliphatic carbocycles. The fourth-order valence-electron chi connectivity index (χ4n) is 2.30. The minimum Gasteiger partial charge on any atom is -0.457 e. The van der Waals surface area contributed by atoms with E-state index < -0.39 is 0 Å². The lowest BCUT2D eigenvalue weighted by atomic mass is 10.3. The van der Waals surface area contributed by atoms with Crippen LogP contribution in [0.2, 0.25) is 0 Å². The zero-order valence-electron chi connectivity index (χ0n) is 8.00. The second kappa shape index (κ2) is 3.35. The number of furan rings is 1. The molecule has 4 nitrogen and oxygen atoms in total. The monoisotopic (exact) mass is 270 g/mol. The lowest BCUT2D eigenvalue weighted by Crippen LogP contribution is -2.32. The van der Waals surface area contributed by atoms with Crippen molar-refractivity contribution in [1.82, 2.24) is 10.6 Å². The molecular formula is C10H11BrN2O2. The second-order valence-corrected chi connectivity index (χ2v) is 4.91. The van der Waals surface area contributed by atoms with Gasteiger partial charge >= 0.3 is 0 Å². The Kier molecular flexibility index (Phi) is 2.10. The van der Waals surface area contributed by atoms with Crippen molar-refractivity contribution in [3.05, 3.63) is 22.6 Å². The summed E-state index contributed by atoms with van der Waals surface area (Å²) in [5, 5.41) is 6.32. The Hall–Kier alpha value is -0.810. The van der Waals surface area contributed by atoms with Gasteiger partial charge in [-0.3, -0.25) is 4.79 Å². The molecule has 2 aliphatic rings. The van der Waals surface area contributed by atoms with Gasteiger partial charge in [-0.1, -0.05) is 0 Å². The van der Waals surface area contributed by atoms with Gasteiger partial charge in [-0.05, 0) is 27.8 Å². The van der Waals surface area contributed by atoms with Crippen molar-refractivity contribution in [2.45, 2.75) is 6.04 Å². The van der Waals surface area contributed by atoms with Crippen molar-refractivity contribution in [2.24, 2.45) is 11.8 Å². The van der Waals surface area contributed by atoms with E-state index in [-0.39, 0.29) is 5.91 Å². The molecule has 2 N–H and O–H groups in total. The van der Waals surface area contributed by atoms with Crippen LogP contribution >= 0.6 is 15.9 Å². The fraction of sp³-hybridized carbons (Fsp3) is 0.500. The van der Waals surface area contributed by atoms with Crippen LogP contribution in [0.25, 0.3) is 0 Å². The summed E-state index contributed by atoms with van der Waals surface area (Å²) in [6.07, 6.45) is 1.47. The number of hydrogen-bond acceptors (Lipinski definition) is 3. The number of nitrogens with one attached hydrogen (secondary N) is 2. The van der Waals surface area contributed by atoms with E-state index in [1.807, 2.05) is 0 Å². The van der Waals surface area contributed by atoms with Gasteiger partial charge in [0.2, 0.25) is 0 Å². The van der Waals surface area contributed by atoms with E-state index >= 15 is 0 Å². The average molecular weight is 271 g/mol. The van der Waals surface area contributed by atoms with Crippen LogP contribution in [0.4, 0.5) is 0 Å². The van der Waals surface area contributed by atoms with E-state index in [4.69, 9.17) is 4.42 Å². The predicted molar refractivity (Wildman–Crippen MR) is 57.5 cm³/mol. The van der Waals surface area contributed by atoms with Gasteiger partial charge in [0.05, 0.1) is 5.56 Å². The van der Waals surface area contributed by atoms with Crippen LogP contribution in [-0.4, -0.2) is 25.0 Å². The second-order valence-electron chi connectivity index (χ2n) is 4.12. The normalized spacial score (nSPS) is 32.5. The number of carbonyl (C=O) groups is 1. The van der Waals surface area contributed by atoms with Crippen molar-refractivity contribution < 1.29 is 9.21 Å². The van der Waals surface area contributed by atoms with E-state index in [0.717, 1.165) is 13.1 Å². The van der Waals surface area contributed by atoms with E-state index in [1.165, 1.54) is 6.26 Å². The summed E-state index contributed by atoms with van der Waals surface area (Å²) in [6.45, 7) is 2.06. The lowest BCUT2D eigenvalue weighted by Gasteiger charge is -2.05. The fourth-order valence-corrected chi connectivity index (χ4v) is 2.64. The van der Waals surface area contributed by atoms with Crippen LogP contribution in [0.15, 0.2) is 21.4 Å².